The number of benzene rings is 1. The summed E-state index contributed by atoms with van der Waals surface area (Å²) in [5, 5.41) is 0. The Morgan fingerprint density at radius 3 is 2.88 bits per heavy atom. The van der Waals surface area contributed by atoms with Gasteiger partial charge < -0.3 is 15.5 Å². The Hall–Kier alpha value is -1.53. The molecule has 16 heavy (non-hydrogen) atoms. The quantitative estimate of drug-likeness (QED) is 0.834. The van der Waals surface area contributed by atoms with Gasteiger partial charge in [0.15, 0.2) is 5.82 Å². The molecule has 0 saturated heterocycles. The Kier molecular flexibility index (Phi) is 2.84. The van der Waals surface area contributed by atoms with Gasteiger partial charge >= 0.3 is 0 Å². The van der Waals surface area contributed by atoms with E-state index in [2.05, 4.69) is 9.97 Å². The van der Waals surface area contributed by atoms with E-state index in [0.717, 1.165) is 6.07 Å². The maximum absolute atomic E-state index is 13.3. The molecule has 0 spiro atoms. The number of hydrogen-bond donors (Lipinski definition) is 2. The van der Waals surface area contributed by atoms with Crippen LogP contribution in [-0.4, -0.2) is 23.6 Å². The maximum Gasteiger partial charge on any atom is 0.153 e. The van der Waals surface area contributed by atoms with Crippen molar-refractivity contribution in [2.75, 3.05) is 13.7 Å². The predicted molar refractivity (Wildman–Crippen MR) is 54.8 cm³/mol. The molecule has 1 atom stereocenters. The molecule has 3 N–H and O–H groups in total. The van der Waals surface area contributed by atoms with Crippen LogP contribution in [-0.2, 0) is 4.74 Å². The second kappa shape index (κ2) is 4.15. The number of nitrogens with one attached hydrogen (secondary N) is 1. The van der Waals surface area contributed by atoms with E-state index in [9.17, 15) is 8.78 Å². The average Bonchev–Trinajstić information content (AvgIpc) is 2.63. The second-order valence-corrected chi connectivity index (χ2v) is 3.37. The van der Waals surface area contributed by atoms with Gasteiger partial charge in [-0.15, -0.1) is 0 Å². The van der Waals surface area contributed by atoms with Crippen LogP contribution >= 0.6 is 0 Å². The van der Waals surface area contributed by atoms with Crippen molar-refractivity contribution in [3.63, 3.8) is 0 Å². The molecule has 0 fully saturated rings. The van der Waals surface area contributed by atoms with Crippen LogP contribution in [0.4, 0.5) is 8.78 Å². The van der Waals surface area contributed by atoms with E-state index >= 15 is 0 Å². The molecule has 6 heteroatoms. The topological polar surface area (TPSA) is 63.9 Å². The Labute approximate surface area is 90.4 Å². The van der Waals surface area contributed by atoms with E-state index in [0.29, 0.717) is 11.3 Å². The smallest absolute Gasteiger partial charge is 0.153 e. The van der Waals surface area contributed by atoms with E-state index in [1.165, 1.54) is 13.2 Å². The lowest BCUT2D eigenvalue weighted by Gasteiger charge is -2.08. The van der Waals surface area contributed by atoms with E-state index in [1.54, 1.807) is 0 Å². The van der Waals surface area contributed by atoms with Gasteiger partial charge in [0.05, 0.1) is 5.52 Å². The molecule has 2 aromatic rings. The van der Waals surface area contributed by atoms with Crippen molar-refractivity contribution in [3.05, 3.63) is 29.6 Å². The number of hydrogen-bond acceptors (Lipinski definition) is 3. The Bertz CT molecular complexity index is 508. The monoisotopic (exact) mass is 227 g/mol. The number of halogens is 2. The van der Waals surface area contributed by atoms with Crippen molar-refractivity contribution < 1.29 is 13.5 Å². The van der Waals surface area contributed by atoms with Gasteiger partial charge in [0.2, 0.25) is 0 Å². The van der Waals surface area contributed by atoms with Gasteiger partial charge in [-0.05, 0) is 6.07 Å². The highest BCUT2D eigenvalue weighted by Crippen LogP contribution is 2.21. The van der Waals surface area contributed by atoms with Crippen molar-refractivity contribution >= 4 is 11.0 Å². The third kappa shape index (κ3) is 1.77. The number of H-pyrrole nitrogens is 1. The van der Waals surface area contributed by atoms with Crippen molar-refractivity contribution in [1.29, 1.82) is 0 Å². The maximum atomic E-state index is 13.3. The Balaban J connectivity index is 2.55. The average molecular weight is 227 g/mol. The van der Waals surface area contributed by atoms with Crippen LogP contribution < -0.4 is 5.73 Å². The van der Waals surface area contributed by atoms with Gasteiger partial charge in [0.1, 0.15) is 23.3 Å². The van der Waals surface area contributed by atoms with Gasteiger partial charge in [-0.2, -0.15) is 0 Å². The molecule has 0 aliphatic heterocycles. The third-order valence-electron chi connectivity index (χ3n) is 2.33. The number of fused-ring (bicyclic) bond motifs is 1. The molecule has 1 aromatic heterocycles. The van der Waals surface area contributed by atoms with Crippen LogP contribution in [0.25, 0.3) is 11.0 Å². The van der Waals surface area contributed by atoms with Crippen molar-refractivity contribution in [1.82, 2.24) is 9.97 Å². The number of nitrogens with two attached hydrogens (primary N) is 1. The van der Waals surface area contributed by atoms with Crippen LogP contribution in [0.15, 0.2) is 12.1 Å². The van der Waals surface area contributed by atoms with Crippen molar-refractivity contribution in [2.24, 2.45) is 5.73 Å². The van der Waals surface area contributed by atoms with Crippen LogP contribution in [0.1, 0.15) is 11.9 Å². The molecule has 0 bridgehead atoms. The first-order valence-corrected chi connectivity index (χ1v) is 4.73. The van der Waals surface area contributed by atoms with Gasteiger partial charge in [-0.3, -0.25) is 0 Å². The first-order valence-electron chi connectivity index (χ1n) is 4.73. The molecule has 1 aromatic carbocycles. The lowest BCUT2D eigenvalue weighted by molar-refractivity contribution is 0.104. The summed E-state index contributed by atoms with van der Waals surface area (Å²) in [6, 6.07) is 1.97. The SMILES string of the molecule is COC(CN)c1nc2c(F)cc(F)cc2[nH]1. The number of nitrogens with zero attached hydrogens (tertiary/aromatic N) is 1. The number of imidazole rings is 1. The number of aromatic amines is 1. The molecule has 1 heterocycles. The highest BCUT2D eigenvalue weighted by atomic mass is 19.1. The molecule has 2 rings (SSSR count). The summed E-state index contributed by atoms with van der Waals surface area (Å²) in [6.07, 6.45) is -0.449. The highest BCUT2D eigenvalue weighted by molar-refractivity contribution is 5.75. The summed E-state index contributed by atoms with van der Waals surface area (Å²) < 4.78 is 31.3. The number of methoxy groups -OCH3 is 1. The molecule has 0 aliphatic rings. The predicted octanol–water partition coefficient (Wildman–Crippen LogP) is 1.49. The molecule has 86 valence electrons. The Morgan fingerprint density at radius 2 is 2.25 bits per heavy atom. The number of aromatic nitrogens is 2. The molecule has 0 saturated carbocycles. The first kappa shape index (κ1) is 11.0. The van der Waals surface area contributed by atoms with Gasteiger partial charge in [-0.25, -0.2) is 13.8 Å². The lowest BCUT2D eigenvalue weighted by atomic mass is 10.3. The molecule has 0 amide bonds. The van der Waals surface area contributed by atoms with Gasteiger partial charge in [0.25, 0.3) is 0 Å². The minimum atomic E-state index is -0.704. The largest absolute Gasteiger partial charge is 0.372 e. The van der Waals surface area contributed by atoms with Crippen molar-refractivity contribution in [2.45, 2.75) is 6.10 Å². The summed E-state index contributed by atoms with van der Waals surface area (Å²) in [4.78, 5) is 6.78. The number of rotatable bonds is 3. The minimum Gasteiger partial charge on any atom is -0.372 e. The van der Waals surface area contributed by atoms with E-state index in [4.69, 9.17) is 10.5 Å². The van der Waals surface area contributed by atoms with Crippen LogP contribution in [0.3, 0.4) is 0 Å². The van der Waals surface area contributed by atoms with Crippen molar-refractivity contribution in [3.8, 4) is 0 Å². The highest BCUT2D eigenvalue weighted by Gasteiger charge is 2.15. The van der Waals surface area contributed by atoms with Gasteiger partial charge in [0, 0.05) is 19.7 Å². The molecule has 4 nitrogen and oxygen atoms in total. The summed E-state index contributed by atoms with van der Waals surface area (Å²) >= 11 is 0. The first-order chi connectivity index (χ1) is 7.65. The van der Waals surface area contributed by atoms with E-state index < -0.39 is 17.7 Å². The summed E-state index contributed by atoms with van der Waals surface area (Å²) in [6.45, 7) is 0.209. The standard InChI is InChI=1S/C10H11F2N3O/c1-16-8(4-13)10-14-7-3-5(11)2-6(12)9(7)15-10/h2-3,8H,4,13H2,1H3,(H,14,15). The third-order valence-corrected chi connectivity index (χ3v) is 2.33. The van der Waals surface area contributed by atoms with Crippen LogP contribution in [0.2, 0.25) is 0 Å². The van der Waals surface area contributed by atoms with Crippen LogP contribution in [0.5, 0.6) is 0 Å². The Morgan fingerprint density at radius 1 is 1.50 bits per heavy atom. The molecular weight excluding hydrogens is 216 g/mol. The molecule has 0 radical (unpaired) electrons. The minimum absolute atomic E-state index is 0.0897. The summed E-state index contributed by atoms with van der Waals surface area (Å²) in [5.41, 5.74) is 5.84. The zero-order valence-electron chi connectivity index (χ0n) is 8.63. The van der Waals surface area contributed by atoms with Gasteiger partial charge in [-0.1, -0.05) is 0 Å². The second-order valence-electron chi connectivity index (χ2n) is 3.37. The number of ether oxygens (including phenoxy) is 1. The zero-order chi connectivity index (χ0) is 11.7. The summed E-state index contributed by atoms with van der Waals surface area (Å²) in [5.74, 6) is -0.962. The zero-order valence-corrected chi connectivity index (χ0v) is 8.63. The summed E-state index contributed by atoms with van der Waals surface area (Å²) in [7, 11) is 1.47. The molecular formula is C10H11F2N3O. The van der Waals surface area contributed by atoms with E-state index in [1.807, 2.05) is 0 Å². The fourth-order valence-corrected chi connectivity index (χ4v) is 1.53. The van der Waals surface area contributed by atoms with Crippen LogP contribution in [0, 0.1) is 11.6 Å². The van der Waals surface area contributed by atoms with E-state index in [-0.39, 0.29) is 12.1 Å². The fourth-order valence-electron chi connectivity index (χ4n) is 1.53. The molecule has 0 aliphatic carbocycles. The lowest BCUT2D eigenvalue weighted by Crippen LogP contribution is -2.15. The fraction of sp³-hybridized carbons (Fsp3) is 0.300. The normalized spacial score (nSPS) is 13.2. The molecule has 1 unspecified atom stereocenters.